The summed E-state index contributed by atoms with van der Waals surface area (Å²) in [5, 5.41) is 0. The highest BCUT2D eigenvalue weighted by Crippen LogP contribution is 2.15. The zero-order valence-electron chi connectivity index (χ0n) is 10.9. The van der Waals surface area contributed by atoms with E-state index in [-0.39, 0.29) is 4.90 Å². The van der Waals surface area contributed by atoms with Crippen molar-refractivity contribution in [1.29, 1.82) is 0 Å². The van der Waals surface area contributed by atoms with E-state index in [1.54, 1.807) is 6.92 Å². The maximum Gasteiger partial charge on any atom is 0.240 e. The van der Waals surface area contributed by atoms with Crippen LogP contribution in [0.5, 0.6) is 0 Å². The van der Waals surface area contributed by atoms with Gasteiger partial charge in [-0.15, -0.1) is 0 Å². The summed E-state index contributed by atoms with van der Waals surface area (Å²) < 4.78 is 39.3. The molecule has 0 unspecified atom stereocenters. The summed E-state index contributed by atoms with van der Waals surface area (Å²) in [5.74, 6) is -0.431. The first kappa shape index (κ1) is 15.1. The van der Waals surface area contributed by atoms with E-state index in [1.807, 2.05) is 19.0 Å². The maximum atomic E-state index is 12.9. The minimum atomic E-state index is -3.54. The van der Waals surface area contributed by atoms with E-state index >= 15 is 0 Å². The summed E-state index contributed by atoms with van der Waals surface area (Å²) >= 11 is 0. The highest BCUT2D eigenvalue weighted by molar-refractivity contribution is 7.89. The summed E-state index contributed by atoms with van der Waals surface area (Å²) in [7, 11) is 0.318. The summed E-state index contributed by atoms with van der Waals surface area (Å²) in [5.41, 5.74) is 0.412. The van der Waals surface area contributed by atoms with Crippen molar-refractivity contribution in [3.8, 4) is 0 Å². The summed E-state index contributed by atoms with van der Waals surface area (Å²) in [6.45, 7) is 2.76. The van der Waals surface area contributed by atoms with E-state index in [9.17, 15) is 12.8 Å². The molecule has 0 saturated carbocycles. The lowest BCUT2D eigenvalue weighted by atomic mass is 10.2. The second-order valence-electron chi connectivity index (χ2n) is 4.46. The smallest absolute Gasteiger partial charge is 0.240 e. The largest absolute Gasteiger partial charge is 0.309 e. The Balaban J connectivity index is 2.69. The summed E-state index contributed by atoms with van der Waals surface area (Å²) in [6.07, 6.45) is 0.729. The fourth-order valence-electron chi connectivity index (χ4n) is 1.59. The van der Waals surface area contributed by atoms with Crippen molar-refractivity contribution in [2.75, 3.05) is 27.2 Å². The van der Waals surface area contributed by atoms with E-state index in [1.165, 1.54) is 12.1 Å². The highest BCUT2D eigenvalue weighted by Gasteiger charge is 2.16. The number of hydrogen-bond acceptors (Lipinski definition) is 3. The lowest BCUT2D eigenvalue weighted by molar-refractivity contribution is 0.400. The fourth-order valence-corrected chi connectivity index (χ4v) is 2.89. The van der Waals surface area contributed by atoms with Gasteiger partial charge in [-0.1, -0.05) is 0 Å². The van der Waals surface area contributed by atoms with Crippen molar-refractivity contribution in [3.63, 3.8) is 0 Å². The molecule has 0 fully saturated rings. The zero-order valence-corrected chi connectivity index (χ0v) is 11.7. The van der Waals surface area contributed by atoms with E-state index < -0.39 is 15.8 Å². The third kappa shape index (κ3) is 4.36. The van der Waals surface area contributed by atoms with Crippen LogP contribution in [0.4, 0.5) is 4.39 Å². The predicted molar refractivity (Wildman–Crippen MR) is 69.5 cm³/mol. The molecule has 18 heavy (non-hydrogen) atoms. The number of hydrogen-bond donors (Lipinski definition) is 1. The van der Waals surface area contributed by atoms with Crippen molar-refractivity contribution in [2.24, 2.45) is 0 Å². The Labute approximate surface area is 108 Å². The first-order valence-electron chi connectivity index (χ1n) is 5.73. The molecule has 0 spiro atoms. The standard InChI is InChI=1S/C12H19FN2O2S/c1-10-9-11(13)5-6-12(10)18(16,17)14-7-4-8-15(2)3/h5-6,9,14H,4,7-8H2,1-3H3. The van der Waals surface area contributed by atoms with Gasteiger partial charge in [0.2, 0.25) is 10.0 Å². The molecule has 1 aromatic rings. The third-order valence-corrected chi connectivity index (χ3v) is 4.12. The van der Waals surface area contributed by atoms with Crippen LogP contribution < -0.4 is 4.72 Å². The SMILES string of the molecule is Cc1cc(F)ccc1S(=O)(=O)NCCCN(C)C. The van der Waals surface area contributed by atoms with Crippen LogP contribution in [0, 0.1) is 12.7 Å². The zero-order chi connectivity index (χ0) is 13.8. The Bertz CT molecular complexity index is 501. The molecule has 1 aromatic carbocycles. The Kier molecular flexibility index (Phi) is 5.25. The van der Waals surface area contributed by atoms with Gasteiger partial charge in [-0.05, 0) is 57.7 Å². The number of halogens is 1. The van der Waals surface area contributed by atoms with E-state index in [0.29, 0.717) is 12.1 Å². The molecule has 0 bridgehead atoms. The summed E-state index contributed by atoms with van der Waals surface area (Å²) in [4.78, 5) is 2.12. The average molecular weight is 274 g/mol. The third-order valence-electron chi connectivity index (χ3n) is 2.50. The van der Waals surface area contributed by atoms with Gasteiger partial charge < -0.3 is 4.90 Å². The van der Waals surface area contributed by atoms with Crippen LogP contribution in [-0.4, -0.2) is 40.5 Å². The van der Waals surface area contributed by atoms with Gasteiger partial charge in [-0.2, -0.15) is 0 Å². The number of sulfonamides is 1. The molecular formula is C12H19FN2O2S. The van der Waals surface area contributed by atoms with Crippen molar-refractivity contribution < 1.29 is 12.8 Å². The molecule has 0 aromatic heterocycles. The van der Waals surface area contributed by atoms with Crippen LogP contribution in [0.2, 0.25) is 0 Å². The molecule has 4 nitrogen and oxygen atoms in total. The molecular weight excluding hydrogens is 255 g/mol. The van der Waals surface area contributed by atoms with E-state index in [4.69, 9.17) is 0 Å². The van der Waals surface area contributed by atoms with E-state index in [0.717, 1.165) is 19.0 Å². The maximum absolute atomic E-state index is 12.9. The minimum absolute atomic E-state index is 0.133. The van der Waals surface area contributed by atoms with Gasteiger partial charge >= 0.3 is 0 Å². The normalized spacial score (nSPS) is 12.1. The number of benzene rings is 1. The fraction of sp³-hybridized carbons (Fsp3) is 0.500. The Hall–Kier alpha value is -0.980. The number of rotatable bonds is 6. The molecule has 6 heteroatoms. The number of nitrogens with one attached hydrogen (secondary N) is 1. The van der Waals surface area contributed by atoms with Crippen LogP contribution in [-0.2, 0) is 10.0 Å². The molecule has 0 atom stereocenters. The molecule has 0 aliphatic heterocycles. The Morgan fingerprint density at radius 1 is 1.33 bits per heavy atom. The first-order valence-corrected chi connectivity index (χ1v) is 7.22. The monoisotopic (exact) mass is 274 g/mol. The topological polar surface area (TPSA) is 49.4 Å². The van der Waals surface area contributed by atoms with Crippen molar-refractivity contribution in [1.82, 2.24) is 9.62 Å². The minimum Gasteiger partial charge on any atom is -0.309 e. The van der Waals surface area contributed by atoms with Gasteiger partial charge in [0.1, 0.15) is 5.82 Å². The van der Waals surface area contributed by atoms with Gasteiger partial charge in [0.25, 0.3) is 0 Å². The molecule has 0 amide bonds. The second-order valence-corrected chi connectivity index (χ2v) is 6.20. The molecule has 0 saturated heterocycles. The lowest BCUT2D eigenvalue weighted by Crippen LogP contribution is -2.27. The van der Waals surface area contributed by atoms with Crippen LogP contribution in [0.15, 0.2) is 23.1 Å². The van der Waals surface area contributed by atoms with Crippen LogP contribution >= 0.6 is 0 Å². The Morgan fingerprint density at radius 3 is 2.56 bits per heavy atom. The molecule has 0 aliphatic carbocycles. The van der Waals surface area contributed by atoms with Crippen LogP contribution in [0.3, 0.4) is 0 Å². The molecule has 1 N–H and O–H groups in total. The van der Waals surface area contributed by atoms with Crippen LogP contribution in [0.25, 0.3) is 0 Å². The van der Waals surface area contributed by atoms with Crippen molar-refractivity contribution >= 4 is 10.0 Å². The van der Waals surface area contributed by atoms with Gasteiger partial charge in [0.15, 0.2) is 0 Å². The quantitative estimate of drug-likeness (QED) is 0.797. The highest BCUT2D eigenvalue weighted by atomic mass is 32.2. The predicted octanol–water partition coefficient (Wildman–Crippen LogP) is 1.36. The van der Waals surface area contributed by atoms with Gasteiger partial charge in [0, 0.05) is 6.54 Å². The number of aryl methyl sites for hydroxylation is 1. The molecule has 0 radical (unpaired) electrons. The van der Waals surface area contributed by atoms with Gasteiger partial charge in [-0.3, -0.25) is 0 Å². The lowest BCUT2D eigenvalue weighted by Gasteiger charge is -2.11. The van der Waals surface area contributed by atoms with Gasteiger partial charge in [-0.25, -0.2) is 17.5 Å². The number of nitrogens with zero attached hydrogens (tertiary/aromatic N) is 1. The summed E-state index contributed by atoms with van der Waals surface area (Å²) in [6, 6.07) is 3.66. The second kappa shape index (κ2) is 6.26. The molecule has 102 valence electrons. The molecule has 0 heterocycles. The van der Waals surface area contributed by atoms with Gasteiger partial charge in [0.05, 0.1) is 4.90 Å². The first-order chi connectivity index (χ1) is 8.33. The van der Waals surface area contributed by atoms with Crippen LogP contribution in [0.1, 0.15) is 12.0 Å². The average Bonchev–Trinajstić information content (AvgIpc) is 2.23. The van der Waals surface area contributed by atoms with E-state index in [2.05, 4.69) is 4.72 Å². The Morgan fingerprint density at radius 2 is 2.00 bits per heavy atom. The van der Waals surface area contributed by atoms with Crippen molar-refractivity contribution in [2.45, 2.75) is 18.2 Å². The van der Waals surface area contributed by atoms with Crippen molar-refractivity contribution in [3.05, 3.63) is 29.6 Å². The molecule has 0 aliphatic rings. The molecule has 1 rings (SSSR count).